The molecule has 0 bridgehead atoms. The van der Waals surface area contributed by atoms with Crippen molar-refractivity contribution in [2.45, 2.75) is 12.8 Å². The quantitative estimate of drug-likeness (QED) is 0.757. The third-order valence-corrected chi connectivity index (χ3v) is 4.25. The molecule has 1 aliphatic rings. The fourth-order valence-electron chi connectivity index (χ4n) is 2.71. The Kier molecular flexibility index (Phi) is 7.27. The van der Waals surface area contributed by atoms with Gasteiger partial charge in [0.05, 0.1) is 6.61 Å². The van der Waals surface area contributed by atoms with Crippen LogP contribution in [0.15, 0.2) is 18.2 Å². The lowest BCUT2D eigenvalue weighted by molar-refractivity contribution is -0.136. The molecule has 0 radical (unpaired) electrons. The van der Waals surface area contributed by atoms with Gasteiger partial charge in [-0.15, -0.1) is 0 Å². The Morgan fingerprint density at radius 3 is 2.56 bits per heavy atom. The Morgan fingerprint density at radius 1 is 1.20 bits per heavy atom. The second kappa shape index (κ2) is 9.43. The number of anilines is 1. The summed E-state index contributed by atoms with van der Waals surface area (Å²) in [6.07, 6.45) is 1.88. The minimum atomic E-state index is -1.08. The Bertz CT molecular complexity index is 605. The van der Waals surface area contributed by atoms with Crippen molar-refractivity contribution >= 4 is 17.5 Å². The lowest BCUT2D eigenvalue weighted by Crippen LogP contribution is -2.42. The highest BCUT2D eigenvalue weighted by Crippen LogP contribution is 2.16. The zero-order valence-electron chi connectivity index (χ0n) is 14.2. The molecule has 2 rings (SSSR count). The molecule has 0 unspecified atom stereocenters. The van der Waals surface area contributed by atoms with E-state index in [0.717, 1.165) is 44.6 Å². The van der Waals surface area contributed by atoms with Crippen LogP contribution in [0.4, 0.5) is 14.5 Å². The van der Waals surface area contributed by atoms with E-state index in [-0.39, 0.29) is 5.69 Å². The minimum Gasteiger partial charge on any atom is -0.383 e. The first-order chi connectivity index (χ1) is 12.0. The van der Waals surface area contributed by atoms with Crippen LogP contribution in [0.25, 0.3) is 0 Å². The SMILES string of the molecule is COCCN1CCC(CNC(=O)C(=O)Nc2ccc(F)c(F)c2)CC1. The summed E-state index contributed by atoms with van der Waals surface area (Å²) in [4.78, 5) is 25.9. The van der Waals surface area contributed by atoms with E-state index >= 15 is 0 Å². The van der Waals surface area contributed by atoms with Crippen molar-refractivity contribution in [3.63, 3.8) is 0 Å². The number of halogens is 2. The number of ether oxygens (including phenoxy) is 1. The zero-order valence-corrected chi connectivity index (χ0v) is 14.2. The summed E-state index contributed by atoms with van der Waals surface area (Å²) >= 11 is 0. The number of hydrogen-bond donors (Lipinski definition) is 2. The number of nitrogens with zero attached hydrogens (tertiary/aromatic N) is 1. The highest BCUT2D eigenvalue weighted by molar-refractivity contribution is 6.39. The fourth-order valence-corrected chi connectivity index (χ4v) is 2.71. The number of amides is 2. The first-order valence-electron chi connectivity index (χ1n) is 8.25. The summed E-state index contributed by atoms with van der Waals surface area (Å²) in [5.74, 6) is -3.47. The molecule has 138 valence electrons. The molecule has 2 N–H and O–H groups in total. The molecular weight excluding hydrogens is 332 g/mol. The Morgan fingerprint density at radius 2 is 1.92 bits per heavy atom. The number of likely N-dealkylation sites (tertiary alicyclic amines) is 1. The predicted octanol–water partition coefficient (Wildman–Crippen LogP) is 1.38. The number of hydrogen-bond acceptors (Lipinski definition) is 4. The molecule has 8 heteroatoms. The normalized spacial score (nSPS) is 15.8. The number of benzene rings is 1. The van der Waals surface area contributed by atoms with Gasteiger partial charge >= 0.3 is 11.8 Å². The van der Waals surface area contributed by atoms with Crippen LogP contribution in [0.3, 0.4) is 0 Å². The molecule has 1 aromatic rings. The van der Waals surface area contributed by atoms with Gasteiger partial charge in [-0.3, -0.25) is 9.59 Å². The van der Waals surface area contributed by atoms with Crippen LogP contribution in [-0.4, -0.2) is 56.6 Å². The molecule has 1 heterocycles. The summed E-state index contributed by atoms with van der Waals surface area (Å²) in [5, 5.41) is 4.84. The number of carbonyl (C=O) groups is 2. The maximum absolute atomic E-state index is 13.1. The number of rotatable bonds is 6. The molecule has 0 aliphatic carbocycles. The summed E-state index contributed by atoms with van der Waals surface area (Å²) in [6, 6.07) is 2.91. The Balaban J connectivity index is 1.71. The highest BCUT2D eigenvalue weighted by Gasteiger charge is 2.21. The van der Waals surface area contributed by atoms with E-state index in [9.17, 15) is 18.4 Å². The molecule has 0 saturated carbocycles. The summed E-state index contributed by atoms with van der Waals surface area (Å²) in [7, 11) is 1.67. The van der Waals surface area contributed by atoms with Crippen molar-refractivity contribution in [3.8, 4) is 0 Å². The molecule has 6 nitrogen and oxygen atoms in total. The van der Waals surface area contributed by atoms with E-state index in [2.05, 4.69) is 15.5 Å². The van der Waals surface area contributed by atoms with Gasteiger partial charge < -0.3 is 20.3 Å². The van der Waals surface area contributed by atoms with Crippen LogP contribution in [0, 0.1) is 17.6 Å². The maximum atomic E-state index is 13.1. The van der Waals surface area contributed by atoms with E-state index in [1.165, 1.54) is 6.07 Å². The molecule has 0 spiro atoms. The van der Waals surface area contributed by atoms with Crippen LogP contribution in [0.1, 0.15) is 12.8 Å². The Hall–Kier alpha value is -2.06. The average Bonchev–Trinajstić information content (AvgIpc) is 2.61. The number of carbonyl (C=O) groups excluding carboxylic acids is 2. The van der Waals surface area contributed by atoms with Gasteiger partial charge in [0.15, 0.2) is 11.6 Å². The van der Waals surface area contributed by atoms with E-state index in [0.29, 0.717) is 19.1 Å². The van der Waals surface area contributed by atoms with E-state index in [1.54, 1.807) is 7.11 Å². The smallest absolute Gasteiger partial charge is 0.313 e. The molecule has 0 atom stereocenters. The lowest BCUT2D eigenvalue weighted by atomic mass is 9.97. The third kappa shape index (κ3) is 6.06. The Labute approximate surface area is 145 Å². The van der Waals surface area contributed by atoms with Gasteiger partial charge in [-0.25, -0.2) is 8.78 Å². The van der Waals surface area contributed by atoms with Gasteiger partial charge in [-0.1, -0.05) is 0 Å². The van der Waals surface area contributed by atoms with Crippen molar-refractivity contribution in [1.82, 2.24) is 10.2 Å². The number of methoxy groups -OCH3 is 1. The van der Waals surface area contributed by atoms with Gasteiger partial charge in [0, 0.05) is 32.0 Å². The van der Waals surface area contributed by atoms with Gasteiger partial charge in [0.2, 0.25) is 0 Å². The van der Waals surface area contributed by atoms with E-state index < -0.39 is 23.4 Å². The number of piperidine rings is 1. The van der Waals surface area contributed by atoms with Crippen LogP contribution in [-0.2, 0) is 14.3 Å². The summed E-state index contributed by atoms with van der Waals surface area (Å²) in [5.41, 5.74) is 0.0329. The van der Waals surface area contributed by atoms with Crippen LogP contribution < -0.4 is 10.6 Å². The molecule has 25 heavy (non-hydrogen) atoms. The predicted molar refractivity (Wildman–Crippen MR) is 89.0 cm³/mol. The second-order valence-corrected chi connectivity index (χ2v) is 6.07. The summed E-state index contributed by atoms with van der Waals surface area (Å²) < 4.78 is 31.0. The van der Waals surface area contributed by atoms with Crippen molar-refractivity contribution in [2.24, 2.45) is 5.92 Å². The molecule has 1 saturated heterocycles. The molecule has 1 fully saturated rings. The standard InChI is InChI=1S/C17H23F2N3O3/c1-25-9-8-22-6-4-12(5-7-22)11-20-16(23)17(24)21-13-2-3-14(18)15(19)10-13/h2-3,10,12H,4-9,11H2,1H3,(H,20,23)(H,21,24). The molecule has 1 aliphatic heterocycles. The van der Waals surface area contributed by atoms with Crippen LogP contribution in [0.2, 0.25) is 0 Å². The van der Waals surface area contributed by atoms with E-state index in [1.807, 2.05) is 0 Å². The van der Waals surface area contributed by atoms with Crippen molar-refractivity contribution in [1.29, 1.82) is 0 Å². The first-order valence-corrected chi connectivity index (χ1v) is 8.25. The first kappa shape index (κ1) is 19.3. The van der Waals surface area contributed by atoms with Gasteiger partial charge in [0.25, 0.3) is 0 Å². The third-order valence-electron chi connectivity index (χ3n) is 4.25. The lowest BCUT2D eigenvalue weighted by Gasteiger charge is -2.31. The second-order valence-electron chi connectivity index (χ2n) is 6.07. The van der Waals surface area contributed by atoms with E-state index in [4.69, 9.17) is 4.74 Å². The topological polar surface area (TPSA) is 70.7 Å². The number of nitrogens with one attached hydrogen (secondary N) is 2. The molecular formula is C17H23F2N3O3. The van der Waals surface area contributed by atoms with Gasteiger partial charge in [-0.2, -0.15) is 0 Å². The molecule has 0 aromatic heterocycles. The highest BCUT2D eigenvalue weighted by atomic mass is 19.2. The monoisotopic (exact) mass is 355 g/mol. The van der Waals surface area contributed by atoms with Crippen molar-refractivity contribution in [3.05, 3.63) is 29.8 Å². The molecule has 1 aromatic carbocycles. The summed E-state index contributed by atoms with van der Waals surface area (Å²) in [6.45, 7) is 3.88. The van der Waals surface area contributed by atoms with Gasteiger partial charge in [-0.05, 0) is 44.0 Å². The average molecular weight is 355 g/mol. The molecule has 2 amide bonds. The van der Waals surface area contributed by atoms with Crippen molar-refractivity contribution < 1.29 is 23.1 Å². The minimum absolute atomic E-state index is 0.0329. The van der Waals surface area contributed by atoms with Crippen molar-refractivity contribution in [2.75, 3.05) is 45.2 Å². The largest absolute Gasteiger partial charge is 0.383 e. The van der Waals surface area contributed by atoms with Crippen LogP contribution in [0.5, 0.6) is 0 Å². The fraction of sp³-hybridized carbons (Fsp3) is 0.529. The zero-order chi connectivity index (χ0) is 18.2. The maximum Gasteiger partial charge on any atom is 0.313 e. The van der Waals surface area contributed by atoms with Gasteiger partial charge in [0.1, 0.15) is 0 Å². The van der Waals surface area contributed by atoms with Crippen LogP contribution >= 0.6 is 0 Å².